The lowest BCUT2D eigenvalue weighted by Crippen LogP contribution is -2.47. The van der Waals surface area contributed by atoms with Crippen molar-refractivity contribution in [2.24, 2.45) is 0 Å². The third kappa shape index (κ3) is 5.88. The molecule has 1 aliphatic rings. The Hall–Kier alpha value is -2.82. The maximum atomic E-state index is 12.9. The molecule has 8 nitrogen and oxygen atoms in total. The summed E-state index contributed by atoms with van der Waals surface area (Å²) in [7, 11) is -3.65. The molecule has 1 aliphatic heterocycles. The van der Waals surface area contributed by atoms with Crippen molar-refractivity contribution in [1.82, 2.24) is 4.72 Å². The van der Waals surface area contributed by atoms with Crippen molar-refractivity contribution in [3.8, 4) is 0 Å². The highest BCUT2D eigenvalue weighted by atomic mass is 35.5. The zero-order valence-corrected chi connectivity index (χ0v) is 21.1. The third-order valence-electron chi connectivity index (χ3n) is 5.16. The minimum Gasteiger partial charge on any atom is -0.322 e. The lowest BCUT2D eigenvalue weighted by atomic mass is 10.1. The van der Waals surface area contributed by atoms with Crippen LogP contribution >= 0.6 is 34.8 Å². The Kier molecular flexibility index (Phi) is 7.53. The smallest absolute Gasteiger partial charge is 0.301 e. The highest BCUT2D eigenvalue weighted by Crippen LogP contribution is 2.29. The molecule has 3 N–H and O–H groups in total. The topological polar surface area (TPSA) is 108 Å². The highest BCUT2D eigenvalue weighted by molar-refractivity contribution is 7.90. The summed E-state index contributed by atoms with van der Waals surface area (Å²) in [5, 5.41) is 6.18. The van der Waals surface area contributed by atoms with Crippen molar-refractivity contribution in [3.63, 3.8) is 0 Å². The number of anilines is 3. The lowest BCUT2D eigenvalue weighted by Gasteiger charge is -2.28. The van der Waals surface area contributed by atoms with Crippen molar-refractivity contribution >= 4 is 73.9 Å². The van der Waals surface area contributed by atoms with Gasteiger partial charge in [0.05, 0.1) is 27.0 Å². The first-order chi connectivity index (χ1) is 16.6. The maximum Gasteiger partial charge on any atom is 0.301 e. The van der Waals surface area contributed by atoms with E-state index in [0.29, 0.717) is 47.2 Å². The minimum absolute atomic E-state index is 0.0872. The molecular weight excluding hydrogens is 535 g/mol. The van der Waals surface area contributed by atoms with E-state index in [9.17, 15) is 18.0 Å². The second-order valence-corrected chi connectivity index (χ2v) is 10.5. The molecule has 0 radical (unpaired) electrons. The van der Waals surface area contributed by atoms with Gasteiger partial charge < -0.3 is 10.6 Å². The molecule has 3 aromatic carbocycles. The summed E-state index contributed by atoms with van der Waals surface area (Å²) in [6.07, 6.45) is 0.645. The number of rotatable bonds is 5. The molecule has 3 aromatic rings. The fourth-order valence-corrected chi connectivity index (χ4v) is 5.39. The van der Waals surface area contributed by atoms with Gasteiger partial charge in [-0.1, -0.05) is 40.9 Å². The van der Waals surface area contributed by atoms with Gasteiger partial charge in [0.1, 0.15) is 0 Å². The van der Waals surface area contributed by atoms with Crippen molar-refractivity contribution in [2.45, 2.75) is 6.42 Å². The Morgan fingerprint density at radius 3 is 2.40 bits per heavy atom. The first-order valence-corrected chi connectivity index (χ1v) is 13.0. The third-order valence-corrected chi connectivity index (χ3v) is 7.58. The standard InChI is InChI=1S/C23H19Cl3N4O4S/c24-15-4-1-3-14(11-15)22(31)29-21-12-16(5-8-19(21)25)28-23(32)18-7-6-17(13-20(18)26)30-10-2-9-27-35(30,33)34/h1,3-8,11-13,27H,2,9-10H2,(H,28,32)(H,29,31). The predicted octanol–water partition coefficient (Wildman–Crippen LogP) is 5.20. The second-order valence-electron chi connectivity index (χ2n) is 7.60. The Labute approximate surface area is 217 Å². The summed E-state index contributed by atoms with van der Waals surface area (Å²) in [6.45, 7) is 0.682. The van der Waals surface area contributed by atoms with Crippen molar-refractivity contribution in [3.05, 3.63) is 86.9 Å². The van der Waals surface area contributed by atoms with E-state index in [1.54, 1.807) is 24.3 Å². The summed E-state index contributed by atoms with van der Waals surface area (Å²) >= 11 is 18.5. The van der Waals surface area contributed by atoms with E-state index in [0.717, 1.165) is 0 Å². The van der Waals surface area contributed by atoms with Crippen LogP contribution in [0.25, 0.3) is 0 Å². The van der Waals surface area contributed by atoms with Gasteiger partial charge in [-0.25, -0.2) is 0 Å². The zero-order valence-electron chi connectivity index (χ0n) is 18.0. The number of nitrogens with zero attached hydrogens (tertiary/aromatic N) is 1. The predicted molar refractivity (Wildman–Crippen MR) is 139 cm³/mol. The number of carbonyl (C=O) groups excluding carboxylic acids is 2. The van der Waals surface area contributed by atoms with Gasteiger partial charge in [0.2, 0.25) is 0 Å². The molecule has 0 spiro atoms. The number of hydrogen-bond acceptors (Lipinski definition) is 4. The van der Waals surface area contributed by atoms with E-state index in [1.807, 2.05) is 0 Å². The van der Waals surface area contributed by atoms with Gasteiger partial charge in [0.25, 0.3) is 11.8 Å². The molecular formula is C23H19Cl3N4O4S. The second kappa shape index (κ2) is 10.4. The molecule has 12 heteroatoms. The van der Waals surface area contributed by atoms with Crippen LogP contribution in [0.1, 0.15) is 27.1 Å². The summed E-state index contributed by atoms with van der Waals surface area (Å²) < 4.78 is 28.2. The van der Waals surface area contributed by atoms with Crippen LogP contribution in [0, 0.1) is 0 Å². The molecule has 0 unspecified atom stereocenters. The van der Waals surface area contributed by atoms with E-state index in [2.05, 4.69) is 15.4 Å². The molecule has 1 heterocycles. The average Bonchev–Trinajstić information content (AvgIpc) is 2.80. The first-order valence-electron chi connectivity index (χ1n) is 10.4. The van der Waals surface area contributed by atoms with E-state index in [4.69, 9.17) is 34.8 Å². The Bertz CT molecular complexity index is 1420. The molecule has 0 aliphatic carbocycles. The van der Waals surface area contributed by atoms with Gasteiger partial charge >= 0.3 is 10.2 Å². The SMILES string of the molecule is O=C(Nc1cc(NC(=O)c2ccc(N3CCCNS3(=O)=O)cc2Cl)ccc1Cl)c1cccc(Cl)c1. The van der Waals surface area contributed by atoms with Crippen molar-refractivity contribution in [2.75, 3.05) is 28.0 Å². The Morgan fingerprint density at radius 1 is 0.886 bits per heavy atom. The van der Waals surface area contributed by atoms with Crippen LogP contribution in [0.4, 0.5) is 17.1 Å². The maximum absolute atomic E-state index is 12.9. The molecule has 35 heavy (non-hydrogen) atoms. The summed E-state index contributed by atoms with van der Waals surface area (Å²) in [5.74, 6) is -0.936. The lowest BCUT2D eigenvalue weighted by molar-refractivity contribution is 0.101. The quantitative estimate of drug-likeness (QED) is 0.404. The molecule has 2 amide bonds. The first kappa shape index (κ1) is 25.3. The molecule has 4 rings (SSSR count). The Balaban J connectivity index is 1.50. The van der Waals surface area contributed by atoms with Crippen LogP contribution in [0.3, 0.4) is 0 Å². The molecule has 0 atom stereocenters. The van der Waals surface area contributed by atoms with E-state index in [1.165, 1.54) is 40.7 Å². The van der Waals surface area contributed by atoms with Gasteiger partial charge in [-0.15, -0.1) is 0 Å². The number of benzene rings is 3. The number of nitrogens with one attached hydrogen (secondary N) is 3. The normalized spacial score (nSPS) is 14.9. The van der Waals surface area contributed by atoms with Gasteiger partial charge in [0, 0.05) is 29.4 Å². The molecule has 0 saturated carbocycles. The molecule has 0 aromatic heterocycles. The summed E-state index contributed by atoms with van der Waals surface area (Å²) in [6, 6.07) is 15.5. The summed E-state index contributed by atoms with van der Waals surface area (Å²) in [5.41, 5.74) is 1.51. The van der Waals surface area contributed by atoms with Gasteiger partial charge in [-0.05, 0) is 61.0 Å². The molecule has 1 fully saturated rings. The van der Waals surface area contributed by atoms with Crippen LogP contribution in [-0.2, 0) is 10.2 Å². The minimum atomic E-state index is -3.65. The van der Waals surface area contributed by atoms with Crippen molar-refractivity contribution in [1.29, 1.82) is 0 Å². The van der Waals surface area contributed by atoms with Gasteiger partial charge in [-0.3, -0.25) is 13.9 Å². The van der Waals surface area contributed by atoms with Crippen LogP contribution in [-0.4, -0.2) is 33.3 Å². The average molecular weight is 554 g/mol. The number of halogens is 3. The van der Waals surface area contributed by atoms with Crippen LogP contribution in [0.5, 0.6) is 0 Å². The summed E-state index contributed by atoms with van der Waals surface area (Å²) in [4.78, 5) is 25.4. The van der Waals surface area contributed by atoms with Crippen LogP contribution < -0.4 is 19.7 Å². The number of hydrogen-bond donors (Lipinski definition) is 3. The van der Waals surface area contributed by atoms with Gasteiger partial charge in [-0.2, -0.15) is 13.1 Å². The molecule has 1 saturated heterocycles. The van der Waals surface area contributed by atoms with E-state index in [-0.39, 0.29) is 15.6 Å². The number of amides is 2. The van der Waals surface area contributed by atoms with E-state index < -0.39 is 22.0 Å². The molecule has 0 bridgehead atoms. The van der Waals surface area contributed by atoms with Crippen molar-refractivity contribution < 1.29 is 18.0 Å². The molecule has 182 valence electrons. The fraction of sp³-hybridized carbons (Fsp3) is 0.130. The fourth-order valence-electron chi connectivity index (χ4n) is 3.45. The van der Waals surface area contributed by atoms with Crippen LogP contribution in [0.2, 0.25) is 15.1 Å². The Morgan fingerprint density at radius 2 is 1.69 bits per heavy atom. The monoisotopic (exact) mass is 552 g/mol. The zero-order chi connectivity index (χ0) is 25.2. The largest absolute Gasteiger partial charge is 0.322 e. The van der Waals surface area contributed by atoms with Crippen LogP contribution in [0.15, 0.2) is 60.7 Å². The van der Waals surface area contributed by atoms with Gasteiger partial charge in [0.15, 0.2) is 0 Å². The number of carbonyl (C=O) groups is 2. The highest BCUT2D eigenvalue weighted by Gasteiger charge is 2.26. The van der Waals surface area contributed by atoms with E-state index >= 15 is 0 Å².